The molecule has 6 nitrogen and oxygen atoms in total. The average Bonchev–Trinajstić information content (AvgIpc) is 3.05. The van der Waals surface area contributed by atoms with Gasteiger partial charge in [0.2, 0.25) is 0 Å². The van der Waals surface area contributed by atoms with Crippen LogP contribution in [0.25, 0.3) is 0 Å². The molecule has 0 saturated heterocycles. The van der Waals surface area contributed by atoms with Crippen molar-refractivity contribution >= 4 is 53.0 Å². The molecule has 1 aromatic heterocycles. The van der Waals surface area contributed by atoms with E-state index in [0.29, 0.717) is 13.2 Å². The number of thiazole rings is 1. The Bertz CT molecular complexity index is 394. The van der Waals surface area contributed by atoms with Gasteiger partial charge in [-0.2, -0.15) is 0 Å². The Morgan fingerprint density at radius 2 is 2.04 bits per heavy atom. The van der Waals surface area contributed by atoms with E-state index in [0.717, 1.165) is 48.6 Å². The third-order valence-corrected chi connectivity index (χ3v) is 4.71. The second-order valence-electron chi connectivity index (χ2n) is 4.38. The zero-order valence-electron chi connectivity index (χ0n) is 13.7. The van der Waals surface area contributed by atoms with Crippen LogP contribution in [0.2, 0.25) is 0 Å². The first-order valence-corrected chi connectivity index (χ1v) is 9.27. The molecule has 0 fully saturated rings. The van der Waals surface area contributed by atoms with Crippen molar-refractivity contribution in [2.75, 3.05) is 52.8 Å². The van der Waals surface area contributed by atoms with E-state index in [2.05, 4.69) is 20.6 Å². The minimum Gasteiger partial charge on any atom is -0.382 e. The number of thioether (sulfide) groups is 1. The van der Waals surface area contributed by atoms with Gasteiger partial charge in [-0.3, -0.25) is 4.99 Å². The fourth-order valence-electron chi connectivity index (χ4n) is 1.57. The zero-order chi connectivity index (χ0) is 15.9. The predicted octanol–water partition coefficient (Wildman–Crippen LogP) is 2.46. The fourth-order valence-corrected chi connectivity index (χ4v) is 3.21. The highest BCUT2D eigenvalue weighted by molar-refractivity contribution is 14.0. The molecule has 0 aliphatic carbocycles. The Hall–Kier alpha value is -0.100. The SMILES string of the molecule is CN=C(NCCCOCCOC)NCCCSc1nccs1.I. The number of methoxy groups -OCH3 is 1. The van der Waals surface area contributed by atoms with Crippen LogP contribution in [0, 0.1) is 0 Å². The van der Waals surface area contributed by atoms with Crippen LogP contribution in [0.3, 0.4) is 0 Å². The summed E-state index contributed by atoms with van der Waals surface area (Å²) in [6.45, 7) is 3.79. The number of halogens is 1. The molecular weight excluding hydrogens is 447 g/mol. The number of aromatic nitrogens is 1. The van der Waals surface area contributed by atoms with Crippen LogP contribution in [0.5, 0.6) is 0 Å². The van der Waals surface area contributed by atoms with Crippen molar-refractivity contribution in [2.45, 2.75) is 17.2 Å². The summed E-state index contributed by atoms with van der Waals surface area (Å²) in [6.07, 6.45) is 3.87. The summed E-state index contributed by atoms with van der Waals surface area (Å²) in [4.78, 5) is 8.45. The molecule has 23 heavy (non-hydrogen) atoms. The average molecular weight is 474 g/mol. The number of hydrogen-bond acceptors (Lipinski definition) is 6. The van der Waals surface area contributed by atoms with Gasteiger partial charge in [-0.05, 0) is 12.8 Å². The number of ether oxygens (including phenoxy) is 2. The summed E-state index contributed by atoms with van der Waals surface area (Å²) in [5.41, 5.74) is 0. The lowest BCUT2D eigenvalue weighted by atomic mass is 10.4. The van der Waals surface area contributed by atoms with Gasteiger partial charge in [-0.25, -0.2) is 4.98 Å². The maximum atomic E-state index is 5.40. The van der Waals surface area contributed by atoms with E-state index in [4.69, 9.17) is 9.47 Å². The van der Waals surface area contributed by atoms with Gasteiger partial charge in [0, 0.05) is 51.2 Å². The highest BCUT2D eigenvalue weighted by atomic mass is 127. The van der Waals surface area contributed by atoms with Crippen LogP contribution in [0.4, 0.5) is 0 Å². The van der Waals surface area contributed by atoms with E-state index >= 15 is 0 Å². The van der Waals surface area contributed by atoms with Crippen LogP contribution >= 0.6 is 47.1 Å². The molecular formula is C14H27IN4O2S2. The van der Waals surface area contributed by atoms with Gasteiger partial charge in [0.25, 0.3) is 0 Å². The Morgan fingerprint density at radius 3 is 2.70 bits per heavy atom. The van der Waals surface area contributed by atoms with E-state index < -0.39 is 0 Å². The highest BCUT2D eigenvalue weighted by Gasteiger charge is 1.99. The molecule has 0 aliphatic heterocycles. The van der Waals surface area contributed by atoms with Crippen molar-refractivity contribution in [3.63, 3.8) is 0 Å². The number of hydrogen-bond donors (Lipinski definition) is 2. The number of guanidine groups is 1. The van der Waals surface area contributed by atoms with Crippen molar-refractivity contribution in [3.05, 3.63) is 11.6 Å². The first-order valence-electron chi connectivity index (χ1n) is 7.40. The third-order valence-electron chi connectivity index (χ3n) is 2.66. The second kappa shape index (κ2) is 16.7. The zero-order valence-corrected chi connectivity index (χ0v) is 17.7. The lowest BCUT2D eigenvalue weighted by molar-refractivity contribution is 0.0698. The van der Waals surface area contributed by atoms with Gasteiger partial charge in [0.05, 0.1) is 13.2 Å². The van der Waals surface area contributed by atoms with E-state index in [1.54, 1.807) is 37.3 Å². The summed E-state index contributed by atoms with van der Waals surface area (Å²) >= 11 is 3.49. The molecule has 0 spiro atoms. The minimum atomic E-state index is 0. The second-order valence-corrected chi connectivity index (χ2v) is 6.62. The Kier molecular flexibility index (Phi) is 16.7. The topological polar surface area (TPSA) is 67.8 Å². The maximum Gasteiger partial charge on any atom is 0.190 e. The first kappa shape index (κ1) is 22.9. The molecule has 2 N–H and O–H groups in total. The van der Waals surface area contributed by atoms with Crippen molar-refractivity contribution in [1.82, 2.24) is 15.6 Å². The van der Waals surface area contributed by atoms with Crippen LogP contribution in [-0.2, 0) is 9.47 Å². The van der Waals surface area contributed by atoms with Crippen molar-refractivity contribution < 1.29 is 9.47 Å². The smallest absolute Gasteiger partial charge is 0.190 e. The van der Waals surface area contributed by atoms with Gasteiger partial charge in [-0.1, -0.05) is 11.8 Å². The molecule has 1 rings (SSSR count). The van der Waals surface area contributed by atoms with Crippen LogP contribution in [0.1, 0.15) is 12.8 Å². The minimum absolute atomic E-state index is 0. The van der Waals surface area contributed by atoms with Gasteiger partial charge in [-0.15, -0.1) is 35.3 Å². The lowest BCUT2D eigenvalue weighted by Gasteiger charge is -2.11. The number of rotatable bonds is 12. The largest absolute Gasteiger partial charge is 0.382 e. The van der Waals surface area contributed by atoms with E-state index in [9.17, 15) is 0 Å². The predicted molar refractivity (Wildman–Crippen MR) is 110 cm³/mol. The summed E-state index contributed by atoms with van der Waals surface area (Å²) < 4.78 is 11.5. The summed E-state index contributed by atoms with van der Waals surface area (Å²) in [7, 11) is 3.46. The molecule has 0 atom stereocenters. The van der Waals surface area contributed by atoms with Gasteiger partial charge >= 0.3 is 0 Å². The van der Waals surface area contributed by atoms with E-state index in [1.807, 2.05) is 11.6 Å². The summed E-state index contributed by atoms with van der Waals surface area (Å²) in [5, 5.41) is 8.59. The van der Waals surface area contributed by atoms with Gasteiger partial charge in [0.15, 0.2) is 5.96 Å². The van der Waals surface area contributed by atoms with Crippen molar-refractivity contribution in [1.29, 1.82) is 0 Å². The summed E-state index contributed by atoms with van der Waals surface area (Å²) in [6, 6.07) is 0. The molecule has 0 bridgehead atoms. The van der Waals surface area contributed by atoms with Crippen LogP contribution < -0.4 is 10.6 Å². The van der Waals surface area contributed by atoms with Crippen LogP contribution in [-0.4, -0.2) is 63.8 Å². The van der Waals surface area contributed by atoms with Crippen molar-refractivity contribution in [3.8, 4) is 0 Å². The number of nitrogens with zero attached hydrogens (tertiary/aromatic N) is 2. The molecule has 0 radical (unpaired) electrons. The summed E-state index contributed by atoms with van der Waals surface area (Å²) in [5.74, 6) is 1.90. The highest BCUT2D eigenvalue weighted by Crippen LogP contribution is 2.20. The molecule has 1 heterocycles. The molecule has 0 aliphatic rings. The third kappa shape index (κ3) is 12.9. The quantitative estimate of drug-likeness (QED) is 0.160. The maximum absolute atomic E-state index is 5.40. The van der Waals surface area contributed by atoms with E-state index in [-0.39, 0.29) is 24.0 Å². The molecule has 0 saturated carbocycles. The Morgan fingerprint density at radius 1 is 1.26 bits per heavy atom. The monoisotopic (exact) mass is 474 g/mol. The molecule has 0 unspecified atom stereocenters. The molecule has 9 heteroatoms. The van der Waals surface area contributed by atoms with Gasteiger partial charge in [0.1, 0.15) is 4.34 Å². The molecule has 134 valence electrons. The lowest BCUT2D eigenvalue weighted by Crippen LogP contribution is -2.38. The fraction of sp³-hybridized carbons (Fsp3) is 0.714. The number of nitrogens with one attached hydrogen (secondary N) is 2. The molecule has 0 amide bonds. The standard InChI is InChI=1S/C14H26N4O2S2.HI/c1-15-13(16-5-3-8-20-10-9-19-2)17-6-4-11-21-14-18-7-12-22-14;/h7,12H,3-6,8-11H2,1-2H3,(H2,15,16,17);1H. The van der Waals surface area contributed by atoms with E-state index in [1.165, 1.54) is 0 Å². The molecule has 0 aromatic carbocycles. The van der Waals surface area contributed by atoms with Crippen LogP contribution in [0.15, 0.2) is 20.9 Å². The first-order chi connectivity index (χ1) is 10.9. The normalized spacial score (nSPS) is 11.1. The molecule has 1 aromatic rings. The van der Waals surface area contributed by atoms with Gasteiger partial charge < -0.3 is 20.1 Å². The number of aliphatic imine (C=N–C) groups is 1. The Labute approximate surface area is 164 Å². The van der Waals surface area contributed by atoms with Crippen molar-refractivity contribution in [2.24, 2.45) is 4.99 Å². The Balaban J connectivity index is 0.00000484.